The maximum absolute atomic E-state index is 12.4. The van der Waals surface area contributed by atoms with E-state index in [2.05, 4.69) is 14.6 Å². The van der Waals surface area contributed by atoms with E-state index in [4.69, 9.17) is 27.9 Å². The number of anilines is 1. The van der Waals surface area contributed by atoms with Crippen LogP contribution in [0.15, 0.2) is 41.4 Å². The summed E-state index contributed by atoms with van der Waals surface area (Å²) < 4.78 is 32.7. The Kier molecular flexibility index (Phi) is 5.81. The first-order valence-corrected chi connectivity index (χ1v) is 9.92. The molecule has 25 heavy (non-hydrogen) atoms. The number of rotatable bonds is 5. The zero-order chi connectivity index (χ0) is 17.9. The molecule has 1 fully saturated rings. The van der Waals surface area contributed by atoms with Crippen LogP contribution in [-0.4, -0.2) is 39.7 Å². The number of pyridine rings is 1. The second-order valence-electron chi connectivity index (χ2n) is 5.50. The maximum Gasteiger partial charge on any atom is 0.243 e. The molecule has 9 heteroatoms. The molecular formula is C16H17Cl2N3O3S. The van der Waals surface area contributed by atoms with Crippen LogP contribution in [0.1, 0.15) is 5.56 Å². The maximum atomic E-state index is 12.4. The molecule has 3 rings (SSSR count). The average Bonchev–Trinajstić information content (AvgIpc) is 2.61. The molecule has 6 nitrogen and oxygen atoms in total. The van der Waals surface area contributed by atoms with Gasteiger partial charge in [0, 0.05) is 25.8 Å². The van der Waals surface area contributed by atoms with Crippen molar-refractivity contribution in [1.29, 1.82) is 0 Å². The third kappa shape index (κ3) is 4.43. The predicted molar refractivity (Wildman–Crippen MR) is 97.8 cm³/mol. The van der Waals surface area contributed by atoms with Crippen LogP contribution in [-0.2, 0) is 21.3 Å². The van der Waals surface area contributed by atoms with Crippen LogP contribution in [0.2, 0.25) is 10.0 Å². The van der Waals surface area contributed by atoms with E-state index >= 15 is 0 Å². The van der Waals surface area contributed by atoms with Gasteiger partial charge in [0.05, 0.1) is 23.3 Å². The summed E-state index contributed by atoms with van der Waals surface area (Å²) >= 11 is 11.9. The summed E-state index contributed by atoms with van der Waals surface area (Å²) in [6.07, 6.45) is 1.65. The molecule has 1 aliphatic heterocycles. The summed E-state index contributed by atoms with van der Waals surface area (Å²) in [5.74, 6) is 0.851. The summed E-state index contributed by atoms with van der Waals surface area (Å²) in [6.45, 7) is 3.05. The van der Waals surface area contributed by atoms with E-state index in [1.807, 2.05) is 12.1 Å². The fourth-order valence-corrected chi connectivity index (χ4v) is 4.65. The molecule has 1 aromatic carbocycles. The van der Waals surface area contributed by atoms with Crippen molar-refractivity contribution >= 4 is 39.0 Å². The monoisotopic (exact) mass is 401 g/mol. The highest BCUT2D eigenvalue weighted by molar-refractivity contribution is 7.89. The predicted octanol–water partition coefficient (Wildman–Crippen LogP) is 2.70. The van der Waals surface area contributed by atoms with Gasteiger partial charge < -0.3 is 9.64 Å². The van der Waals surface area contributed by atoms with E-state index in [-0.39, 0.29) is 21.5 Å². The van der Waals surface area contributed by atoms with Crippen molar-refractivity contribution in [2.45, 2.75) is 11.4 Å². The van der Waals surface area contributed by atoms with Crippen molar-refractivity contribution in [3.8, 4) is 0 Å². The normalized spacial score (nSPS) is 15.4. The SMILES string of the molecule is O=S(=O)(NCc1ccc(N2CCOCC2)nc1)c1c(Cl)cccc1Cl. The van der Waals surface area contributed by atoms with Crippen LogP contribution < -0.4 is 9.62 Å². The number of morpholine rings is 1. The Morgan fingerprint density at radius 3 is 2.40 bits per heavy atom. The van der Waals surface area contributed by atoms with Gasteiger partial charge in [-0.15, -0.1) is 0 Å². The highest BCUT2D eigenvalue weighted by Crippen LogP contribution is 2.28. The largest absolute Gasteiger partial charge is 0.378 e. The zero-order valence-corrected chi connectivity index (χ0v) is 15.6. The topological polar surface area (TPSA) is 71.5 Å². The molecule has 0 radical (unpaired) electrons. The van der Waals surface area contributed by atoms with Gasteiger partial charge >= 0.3 is 0 Å². The van der Waals surface area contributed by atoms with Crippen molar-refractivity contribution in [1.82, 2.24) is 9.71 Å². The van der Waals surface area contributed by atoms with Gasteiger partial charge in [-0.25, -0.2) is 18.1 Å². The number of hydrogen-bond donors (Lipinski definition) is 1. The number of benzene rings is 1. The Bertz CT molecular complexity index is 818. The lowest BCUT2D eigenvalue weighted by Crippen LogP contribution is -2.36. The summed E-state index contributed by atoms with van der Waals surface area (Å²) in [4.78, 5) is 6.41. The van der Waals surface area contributed by atoms with Gasteiger partial charge in [0.2, 0.25) is 10.0 Å². The Balaban J connectivity index is 1.68. The molecule has 1 aromatic heterocycles. The highest BCUT2D eigenvalue weighted by Gasteiger charge is 2.21. The molecule has 0 atom stereocenters. The molecule has 0 bridgehead atoms. The fraction of sp³-hybridized carbons (Fsp3) is 0.312. The number of ether oxygens (including phenoxy) is 1. The third-order valence-corrected chi connectivity index (χ3v) is 6.15. The Labute approximate surface area is 156 Å². The number of aromatic nitrogens is 1. The average molecular weight is 402 g/mol. The van der Waals surface area contributed by atoms with Gasteiger partial charge in [0.25, 0.3) is 0 Å². The van der Waals surface area contributed by atoms with Crippen LogP contribution in [0.4, 0.5) is 5.82 Å². The number of hydrogen-bond acceptors (Lipinski definition) is 5. The Hall–Kier alpha value is -1.38. The highest BCUT2D eigenvalue weighted by atomic mass is 35.5. The fourth-order valence-electron chi connectivity index (χ4n) is 2.49. The Morgan fingerprint density at radius 1 is 1.12 bits per heavy atom. The number of sulfonamides is 1. The molecule has 0 spiro atoms. The van der Waals surface area contributed by atoms with Crippen molar-refractivity contribution in [3.05, 3.63) is 52.1 Å². The van der Waals surface area contributed by atoms with E-state index in [0.717, 1.165) is 24.5 Å². The van der Waals surface area contributed by atoms with Gasteiger partial charge in [0.1, 0.15) is 10.7 Å². The summed E-state index contributed by atoms with van der Waals surface area (Å²) in [6, 6.07) is 8.28. The Morgan fingerprint density at radius 2 is 1.80 bits per heavy atom. The van der Waals surface area contributed by atoms with Gasteiger partial charge in [-0.1, -0.05) is 35.3 Å². The van der Waals surface area contributed by atoms with E-state index < -0.39 is 10.0 Å². The lowest BCUT2D eigenvalue weighted by molar-refractivity contribution is 0.122. The molecule has 1 saturated heterocycles. The third-order valence-electron chi connectivity index (χ3n) is 3.80. The lowest BCUT2D eigenvalue weighted by Gasteiger charge is -2.27. The van der Waals surface area contributed by atoms with Gasteiger partial charge in [-0.2, -0.15) is 0 Å². The first-order valence-electron chi connectivity index (χ1n) is 7.69. The van der Waals surface area contributed by atoms with Crippen LogP contribution in [0.3, 0.4) is 0 Å². The van der Waals surface area contributed by atoms with E-state index in [1.165, 1.54) is 12.1 Å². The van der Waals surface area contributed by atoms with Crippen LogP contribution in [0, 0.1) is 0 Å². The molecule has 134 valence electrons. The van der Waals surface area contributed by atoms with Gasteiger partial charge in [0.15, 0.2) is 0 Å². The molecule has 0 amide bonds. The molecule has 0 aliphatic carbocycles. The molecule has 0 saturated carbocycles. The minimum Gasteiger partial charge on any atom is -0.378 e. The second kappa shape index (κ2) is 7.88. The number of halogens is 2. The molecule has 1 N–H and O–H groups in total. The molecule has 1 aliphatic rings. The van der Waals surface area contributed by atoms with Crippen LogP contribution in [0.25, 0.3) is 0 Å². The van der Waals surface area contributed by atoms with Gasteiger partial charge in [-0.05, 0) is 23.8 Å². The second-order valence-corrected chi connectivity index (χ2v) is 8.02. The molecular weight excluding hydrogens is 385 g/mol. The summed E-state index contributed by atoms with van der Waals surface area (Å²) in [5.41, 5.74) is 0.740. The first kappa shape index (κ1) is 18.4. The van der Waals surface area contributed by atoms with Crippen molar-refractivity contribution in [3.63, 3.8) is 0 Å². The van der Waals surface area contributed by atoms with Crippen molar-refractivity contribution < 1.29 is 13.2 Å². The minimum absolute atomic E-state index is 0.0841. The van der Waals surface area contributed by atoms with Crippen molar-refractivity contribution in [2.24, 2.45) is 0 Å². The smallest absolute Gasteiger partial charge is 0.243 e. The first-order chi connectivity index (χ1) is 12.0. The number of nitrogens with zero attached hydrogens (tertiary/aromatic N) is 2. The number of nitrogens with one attached hydrogen (secondary N) is 1. The molecule has 0 unspecified atom stereocenters. The molecule has 2 aromatic rings. The quantitative estimate of drug-likeness (QED) is 0.833. The summed E-state index contributed by atoms with van der Waals surface area (Å²) in [7, 11) is -3.82. The van der Waals surface area contributed by atoms with Crippen molar-refractivity contribution in [2.75, 3.05) is 31.2 Å². The molecule has 2 heterocycles. The minimum atomic E-state index is -3.82. The van der Waals surface area contributed by atoms with Gasteiger partial charge in [-0.3, -0.25) is 0 Å². The van der Waals surface area contributed by atoms with Crippen LogP contribution >= 0.6 is 23.2 Å². The van der Waals surface area contributed by atoms with E-state index in [9.17, 15) is 8.42 Å². The van der Waals surface area contributed by atoms with E-state index in [0.29, 0.717) is 13.2 Å². The standard InChI is InChI=1S/C16H17Cl2N3O3S/c17-13-2-1-3-14(18)16(13)25(22,23)20-11-12-4-5-15(19-10-12)21-6-8-24-9-7-21/h1-5,10,20H,6-9,11H2. The summed E-state index contributed by atoms with van der Waals surface area (Å²) in [5, 5.41) is 0.168. The zero-order valence-electron chi connectivity index (χ0n) is 13.3. The van der Waals surface area contributed by atoms with Crippen LogP contribution in [0.5, 0.6) is 0 Å². The lowest BCUT2D eigenvalue weighted by atomic mass is 10.3. The van der Waals surface area contributed by atoms with E-state index in [1.54, 1.807) is 12.3 Å².